The van der Waals surface area contributed by atoms with Gasteiger partial charge in [0.1, 0.15) is 17.6 Å². The number of para-hydroxylation sites is 1. The van der Waals surface area contributed by atoms with E-state index < -0.39 is 18.7 Å². The number of nitrogens with zero attached hydrogens (tertiary/aromatic N) is 1. The molecule has 0 radical (unpaired) electrons. The number of allylic oxidation sites excluding steroid dienone is 2. The largest absolute Gasteiger partial charge is 0.462 e. The van der Waals surface area contributed by atoms with Crippen LogP contribution in [0.25, 0.3) is 0 Å². The van der Waals surface area contributed by atoms with Crippen molar-refractivity contribution < 1.29 is 28.4 Å². The van der Waals surface area contributed by atoms with Gasteiger partial charge in [-0.3, -0.25) is 4.79 Å². The summed E-state index contributed by atoms with van der Waals surface area (Å²) >= 11 is 0. The van der Waals surface area contributed by atoms with Gasteiger partial charge in [0.25, 0.3) is 0 Å². The molecule has 3 aromatic carbocycles. The van der Waals surface area contributed by atoms with Crippen molar-refractivity contribution in [2.45, 2.75) is 116 Å². The van der Waals surface area contributed by atoms with Crippen LogP contribution in [0.15, 0.2) is 97.1 Å². The fraction of sp³-hybridized carbons (Fsp3) is 0.488. The van der Waals surface area contributed by atoms with Gasteiger partial charge in [0.2, 0.25) is 0 Å². The lowest BCUT2D eigenvalue weighted by molar-refractivity contribution is -0.259. The van der Waals surface area contributed by atoms with Gasteiger partial charge < -0.3 is 19.0 Å². The first kappa shape index (κ1) is 38.4. The molecule has 1 aliphatic heterocycles. The van der Waals surface area contributed by atoms with E-state index in [2.05, 4.69) is 61.5 Å². The molecule has 1 aliphatic rings. The summed E-state index contributed by atoms with van der Waals surface area (Å²) in [6, 6.07) is 27.6. The first-order valence-corrected chi connectivity index (χ1v) is 19.7. The summed E-state index contributed by atoms with van der Waals surface area (Å²) in [6.45, 7) is 13.6. The summed E-state index contributed by atoms with van der Waals surface area (Å²) in [7, 11) is -3.34. The summed E-state index contributed by atoms with van der Waals surface area (Å²) in [5.41, 5.74) is 1.62. The molecule has 3 aromatic rings. The Morgan fingerprint density at radius 1 is 0.857 bits per heavy atom. The van der Waals surface area contributed by atoms with Gasteiger partial charge in [-0.2, -0.15) is 5.06 Å². The molecule has 1 N–H and O–H groups in total. The lowest BCUT2D eigenvalue weighted by Gasteiger charge is -2.51. The highest BCUT2D eigenvalue weighted by Crippen LogP contribution is 2.45. The molecule has 266 valence electrons. The molecule has 1 saturated heterocycles. The lowest BCUT2D eigenvalue weighted by atomic mass is 9.80. The van der Waals surface area contributed by atoms with Crippen molar-refractivity contribution >= 4 is 13.6 Å². The molecular formula is C41H56NO6P. The van der Waals surface area contributed by atoms with Crippen LogP contribution in [-0.2, 0) is 14.1 Å². The quantitative estimate of drug-likeness (QED) is 0.0910. The topological polar surface area (TPSA) is 85.3 Å². The fourth-order valence-corrected chi connectivity index (χ4v) is 8.09. The van der Waals surface area contributed by atoms with E-state index in [4.69, 9.17) is 13.8 Å². The van der Waals surface area contributed by atoms with Crippen LogP contribution >= 0.6 is 7.60 Å². The Morgan fingerprint density at radius 2 is 1.39 bits per heavy atom. The molecule has 4 unspecified atom stereocenters. The molecular weight excluding hydrogens is 633 g/mol. The van der Waals surface area contributed by atoms with Gasteiger partial charge in [-0.25, -0.2) is 4.57 Å². The van der Waals surface area contributed by atoms with Crippen molar-refractivity contribution in [1.29, 1.82) is 0 Å². The molecule has 0 spiro atoms. The van der Waals surface area contributed by atoms with E-state index in [0.29, 0.717) is 36.2 Å². The highest BCUT2D eigenvalue weighted by atomic mass is 31.2. The van der Waals surface area contributed by atoms with Crippen LogP contribution in [0.2, 0.25) is 0 Å². The van der Waals surface area contributed by atoms with Crippen LogP contribution in [-0.4, -0.2) is 40.1 Å². The van der Waals surface area contributed by atoms with E-state index in [9.17, 15) is 14.6 Å². The molecule has 0 amide bonds. The monoisotopic (exact) mass is 689 g/mol. The molecule has 0 saturated carbocycles. The second kappa shape index (κ2) is 17.0. The molecule has 49 heavy (non-hydrogen) atoms. The Labute approximate surface area is 294 Å². The minimum Gasteiger partial charge on any atom is -0.462 e. The van der Waals surface area contributed by atoms with Crippen molar-refractivity contribution in [2.75, 3.05) is 6.66 Å². The maximum absolute atomic E-state index is 13.0. The van der Waals surface area contributed by atoms with E-state index in [1.165, 1.54) is 22.9 Å². The maximum Gasteiger partial charge on any atom is 0.427 e. The van der Waals surface area contributed by atoms with Crippen LogP contribution in [0.5, 0.6) is 11.5 Å². The molecule has 1 fully saturated rings. The number of carbonyl (C=O) groups is 1. The first-order chi connectivity index (χ1) is 23.2. The molecule has 4 atom stereocenters. The summed E-state index contributed by atoms with van der Waals surface area (Å²) in [6.07, 6.45) is 9.86. The van der Waals surface area contributed by atoms with Crippen molar-refractivity contribution in [2.24, 2.45) is 5.92 Å². The molecule has 4 rings (SSSR count). The second-order valence-corrected chi connectivity index (χ2v) is 16.8. The summed E-state index contributed by atoms with van der Waals surface area (Å²) in [5.74, 6) is 1.34. The van der Waals surface area contributed by atoms with Crippen molar-refractivity contribution in [3.63, 3.8) is 0 Å². The average molecular weight is 690 g/mol. The van der Waals surface area contributed by atoms with Gasteiger partial charge in [0, 0.05) is 23.9 Å². The highest BCUT2D eigenvalue weighted by Gasteiger charge is 2.46. The third-order valence-corrected chi connectivity index (χ3v) is 10.7. The van der Waals surface area contributed by atoms with Gasteiger partial charge >= 0.3 is 13.6 Å². The van der Waals surface area contributed by atoms with Crippen molar-refractivity contribution in [3.8, 4) is 11.5 Å². The highest BCUT2D eigenvalue weighted by molar-refractivity contribution is 7.53. The maximum atomic E-state index is 13.0. The average Bonchev–Trinajstić information content (AvgIpc) is 3.05. The Morgan fingerprint density at radius 3 is 1.96 bits per heavy atom. The van der Waals surface area contributed by atoms with Gasteiger partial charge in [-0.15, -0.1) is 0 Å². The van der Waals surface area contributed by atoms with E-state index in [-0.39, 0.29) is 18.0 Å². The molecule has 0 aromatic heterocycles. The lowest BCUT2D eigenvalue weighted by Crippen LogP contribution is -2.60. The Kier molecular flexibility index (Phi) is 13.3. The molecule has 0 bridgehead atoms. The van der Waals surface area contributed by atoms with E-state index in [1.54, 1.807) is 12.1 Å². The summed E-state index contributed by atoms with van der Waals surface area (Å²) < 4.78 is 30.4. The van der Waals surface area contributed by atoms with Crippen LogP contribution in [0, 0.1) is 5.92 Å². The number of piperidine rings is 1. The zero-order chi connectivity index (χ0) is 35.7. The Balaban J connectivity index is 1.31. The predicted molar refractivity (Wildman–Crippen MR) is 198 cm³/mol. The van der Waals surface area contributed by atoms with Crippen LogP contribution in [0.1, 0.15) is 109 Å². The van der Waals surface area contributed by atoms with Crippen LogP contribution in [0.3, 0.4) is 0 Å². The van der Waals surface area contributed by atoms with E-state index >= 15 is 0 Å². The Hall–Kier alpha value is -3.38. The number of benzene rings is 3. The molecule has 0 aliphatic carbocycles. The number of carbonyl (C=O) groups excluding carboxylic acids is 1. The first-order valence-electron chi connectivity index (χ1n) is 17.7. The summed E-state index contributed by atoms with van der Waals surface area (Å²) in [4.78, 5) is 13.0. The van der Waals surface area contributed by atoms with Gasteiger partial charge in [-0.05, 0) is 107 Å². The zero-order valence-corrected chi connectivity index (χ0v) is 31.3. The molecule has 8 heteroatoms. The number of hydrogen-bond acceptors (Lipinski definition) is 7. The smallest absolute Gasteiger partial charge is 0.427 e. The SMILES string of the molecule is CCC(CC(C/C=C/CCC(C)C(=O)OC1CC(C)(C)N(O)C(C)(C)C1)c1ccccc1)c1ccc(OP(C)(=O)Oc2ccccc2)cc1. The third-order valence-electron chi connectivity index (χ3n) is 9.61. The normalized spacial score (nSPS) is 19.4. The fourth-order valence-electron chi connectivity index (χ4n) is 7.04. The van der Waals surface area contributed by atoms with Gasteiger partial charge in [0.15, 0.2) is 0 Å². The number of hydroxylamine groups is 2. The van der Waals surface area contributed by atoms with E-state index in [1.807, 2.05) is 65.0 Å². The minimum absolute atomic E-state index is 0.161. The standard InChI is InChI=1S/C41H56NO6P/c1-8-32(34-24-26-37(27-25-34)48-49(7,45)47-36-22-16-11-17-23-36)28-35(33-19-13-10-14-20-33)21-15-9-12-18-31(2)39(43)46-38-29-40(3,4)42(44)41(5,6)30-38/h9-11,13-17,19-20,22-27,31-32,35,38,44H,8,12,18,21,28-30H2,1-7H3/b15-9+. The van der Waals surface area contributed by atoms with Crippen LogP contribution in [0.4, 0.5) is 0 Å². The van der Waals surface area contributed by atoms with E-state index in [0.717, 1.165) is 32.1 Å². The summed E-state index contributed by atoms with van der Waals surface area (Å²) in [5, 5.41) is 12.0. The number of rotatable bonds is 16. The second-order valence-electron chi connectivity index (χ2n) is 14.9. The third kappa shape index (κ3) is 11.3. The Bertz CT molecular complexity index is 1520. The molecule has 1 heterocycles. The van der Waals surface area contributed by atoms with Crippen molar-refractivity contribution in [3.05, 3.63) is 108 Å². The van der Waals surface area contributed by atoms with Crippen LogP contribution < -0.4 is 9.05 Å². The number of ether oxygens (including phenoxy) is 1. The number of hydrogen-bond donors (Lipinski definition) is 1. The molecule has 7 nitrogen and oxygen atoms in total. The van der Waals surface area contributed by atoms with Gasteiger partial charge in [0.05, 0.1) is 12.6 Å². The van der Waals surface area contributed by atoms with Gasteiger partial charge in [-0.1, -0.05) is 86.7 Å². The number of esters is 1. The predicted octanol–water partition coefficient (Wildman–Crippen LogP) is 11.0. The zero-order valence-electron chi connectivity index (χ0n) is 30.4. The van der Waals surface area contributed by atoms with Crippen molar-refractivity contribution in [1.82, 2.24) is 5.06 Å². The minimum atomic E-state index is -3.34.